The Labute approximate surface area is 216 Å². The monoisotopic (exact) mass is 502 g/mol. The van der Waals surface area contributed by atoms with Gasteiger partial charge in [-0.2, -0.15) is 0 Å². The number of aryl methyl sites for hydroxylation is 1. The van der Waals surface area contributed by atoms with Crippen LogP contribution in [0, 0.1) is 12.8 Å². The fourth-order valence-corrected chi connectivity index (χ4v) is 4.93. The van der Waals surface area contributed by atoms with E-state index < -0.39 is 5.92 Å². The van der Waals surface area contributed by atoms with E-state index in [0.717, 1.165) is 16.7 Å². The molecule has 0 saturated carbocycles. The lowest BCUT2D eigenvalue weighted by atomic mass is 9.87. The van der Waals surface area contributed by atoms with Gasteiger partial charge in [0.05, 0.1) is 20.1 Å². The second kappa shape index (κ2) is 10.4. The normalized spacial score (nSPS) is 18.0. The lowest BCUT2D eigenvalue weighted by molar-refractivity contribution is -0.125. The molecule has 2 unspecified atom stereocenters. The number of ether oxygens (including phenoxy) is 4. The SMILES string of the molecule is COc1ccc(C2CN(C(=O)c3ccc(C)cc3)CC2C(=O)NCc2ccc3c(c2)OCO3)c(OC)c1. The minimum absolute atomic E-state index is 0.0939. The Kier molecular flexibility index (Phi) is 6.90. The van der Waals surface area contributed by atoms with Gasteiger partial charge in [0.1, 0.15) is 11.5 Å². The number of likely N-dealkylation sites (tertiary alicyclic amines) is 1. The summed E-state index contributed by atoms with van der Waals surface area (Å²) in [7, 11) is 3.19. The minimum Gasteiger partial charge on any atom is -0.497 e. The molecule has 1 fully saturated rings. The van der Waals surface area contributed by atoms with Crippen molar-refractivity contribution in [1.82, 2.24) is 10.2 Å². The molecule has 3 aromatic carbocycles. The molecule has 0 radical (unpaired) electrons. The van der Waals surface area contributed by atoms with E-state index in [1.54, 1.807) is 25.2 Å². The molecule has 2 aliphatic heterocycles. The maximum atomic E-state index is 13.5. The predicted molar refractivity (Wildman–Crippen MR) is 137 cm³/mol. The summed E-state index contributed by atoms with van der Waals surface area (Å²) in [5.74, 6) is 1.74. The quantitative estimate of drug-likeness (QED) is 0.527. The van der Waals surface area contributed by atoms with Gasteiger partial charge >= 0.3 is 0 Å². The van der Waals surface area contributed by atoms with Crippen LogP contribution in [0.25, 0.3) is 0 Å². The van der Waals surface area contributed by atoms with Crippen molar-refractivity contribution in [3.05, 3.63) is 82.9 Å². The molecule has 8 heteroatoms. The first kappa shape index (κ1) is 24.5. The van der Waals surface area contributed by atoms with Crippen LogP contribution in [-0.4, -0.2) is 50.8 Å². The van der Waals surface area contributed by atoms with Gasteiger partial charge in [-0.25, -0.2) is 0 Å². The van der Waals surface area contributed by atoms with Gasteiger partial charge in [-0.05, 0) is 42.8 Å². The van der Waals surface area contributed by atoms with Crippen molar-refractivity contribution in [1.29, 1.82) is 0 Å². The topological polar surface area (TPSA) is 86.3 Å². The highest BCUT2D eigenvalue weighted by molar-refractivity contribution is 5.95. The molecular formula is C29H30N2O6. The first-order valence-electron chi connectivity index (χ1n) is 12.2. The average molecular weight is 503 g/mol. The van der Waals surface area contributed by atoms with E-state index >= 15 is 0 Å². The third-order valence-corrected chi connectivity index (χ3v) is 6.99. The molecule has 3 aromatic rings. The van der Waals surface area contributed by atoms with Crippen LogP contribution in [0.4, 0.5) is 0 Å². The Hall–Kier alpha value is -4.20. The summed E-state index contributed by atoms with van der Waals surface area (Å²) < 4.78 is 21.8. The number of nitrogens with one attached hydrogen (secondary N) is 1. The van der Waals surface area contributed by atoms with Gasteiger partial charge in [0.25, 0.3) is 5.91 Å². The number of nitrogens with zero attached hydrogens (tertiary/aromatic N) is 1. The van der Waals surface area contributed by atoms with Crippen molar-refractivity contribution < 1.29 is 28.5 Å². The zero-order chi connectivity index (χ0) is 25.9. The minimum atomic E-state index is -0.453. The Bertz CT molecular complexity index is 1310. The average Bonchev–Trinajstić information content (AvgIpc) is 3.58. The fourth-order valence-electron chi connectivity index (χ4n) is 4.93. The first-order chi connectivity index (χ1) is 18.0. The number of hydrogen-bond donors (Lipinski definition) is 1. The van der Waals surface area contributed by atoms with Gasteiger partial charge in [-0.15, -0.1) is 0 Å². The molecule has 0 aliphatic carbocycles. The maximum absolute atomic E-state index is 13.5. The van der Waals surface area contributed by atoms with Gasteiger partial charge in [0.15, 0.2) is 11.5 Å². The summed E-state index contributed by atoms with van der Waals surface area (Å²) in [5, 5.41) is 3.06. The van der Waals surface area contributed by atoms with E-state index in [2.05, 4.69) is 5.32 Å². The van der Waals surface area contributed by atoms with E-state index in [9.17, 15) is 9.59 Å². The van der Waals surface area contributed by atoms with E-state index in [0.29, 0.717) is 48.2 Å². The smallest absolute Gasteiger partial charge is 0.253 e. The Morgan fingerprint density at radius 3 is 2.49 bits per heavy atom. The van der Waals surface area contributed by atoms with Gasteiger partial charge in [-0.3, -0.25) is 9.59 Å². The standard InChI is InChI=1S/C29H30N2O6/c1-18-4-7-20(8-5-18)29(33)31-15-23(22-10-9-21(34-2)13-26(22)35-3)24(16-31)28(32)30-14-19-6-11-25-27(12-19)37-17-36-25/h4-13,23-24H,14-17H2,1-3H3,(H,30,32). The summed E-state index contributed by atoms with van der Waals surface area (Å²) in [6, 6.07) is 18.7. The summed E-state index contributed by atoms with van der Waals surface area (Å²) in [5.41, 5.74) is 3.46. The highest BCUT2D eigenvalue weighted by Gasteiger charge is 2.41. The van der Waals surface area contributed by atoms with Crippen LogP contribution in [0.5, 0.6) is 23.0 Å². The number of methoxy groups -OCH3 is 2. The molecule has 2 atom stereocenters. The lowest BCUT2D eigenvalue weighted by Crippen LogP contribution is -2.35. The Balaban J connectivity index is 1.39. The molecule has 8 nitrogen and oxygen atoms in total. The third-order valence-electron chi connectivity index (χ3n) is 6.99. The lowest BCUT2D eigenvalue weighted by Gasteiger charge is -2.21. The third kappa shape index (κ3) is 5.05. The summed E-state index contributed by atoms with van der Waals surface area (Å²) >= 11 is 0. The van der Waals surface area contributed by atoms with Crippen LogP contribution >= 0.6 is 0 Å². The fraction of sp³-hybridized carbons (Fsp3) is 0.310. The van der Waals surface area contributed by atoms with Crippen molar-refractivity contribution in [2.45, 2.75) is 19.4 Å². The number of amides is 2. The summed E-state index contributed by atoms with van der Waals surface area (Å²) in [6.45, 7) is 3.22. The largest absolute Gasteiger partial charge is 0.497 e. The zero-order valence-electron chi connectivity index (χ0n) is 21.2. The number of carbonyl (C=O) groups is 2. The number of rotatable bonds is 7. The van der Waals surface area contributed by atoms with Crippen molar-refractivity contribution in [3.8, 4) is 23.0 Å². The van der Waals surface area contributed by atoms with E-state index in [4.69, 9.17) is 18.9 Å². The van der Waals surface area contributed by atoms with Crippen LogP contribution in [0.15, 0.2) is 60.7 Å². The second-order valence-corrected chi connectivity index (χ2v) is 9.30. The van der Waals surface area contributed by atoms with Crippen LogP contribution in [-0.2, 0) is 11.3 Å². The molecule has 1 N–H and O–H groups in total. The van der Waals surface area contributed by atoms with Crippen molar-refractivity contribution in [2.75, 3.05) is 34.1 Å². The Morgan fingerprint density at radius 1 is 0.946 bits per heavy atom. The Morgan fingerprint density at radius 2 is 1.73 bits per heavy atom. The molecule has 5 rings (SSSR count). The first-order valence-corrected chi connectivity index (χ1v) is 12.2. The summed E-state index contributed by atoms with van der Waals surface area (Å²) in [4.78, 5) is 28.7. The van der Waals surface area contributed by atoms with Crippen molar-refractivity contribution >= 4 is 11.8 Å². The maximum Gasteiger partial charge on any atom is 0.253 e. The number of benzene rings is 3. The molecular weight excluding hydrogens is 472 g/mol. The highest BCUT2D eigenvalue weighted by atomic mass is 16.7. The van der Waals surface area contributed by atoms with Crippen molar-refractivity contribution in [2.24, 2.45) is 5.92 Å². The molecule has 2 aliphatic rings. The summed E-state index contributed by atoms with van der Waals surface area (Å²) in [6.07, 6.45) is 0. The number of hydrogen-bond acceptors (Lipinski definition) is 6. The molecule has 0 aromatic heterocycles. The van der Waals surface area contributed by atoms with Crippen LogP contribution in [0.1, 0.15) is 33.0 Å². The highest BCUT2D eigenvalue weighted by Crippen LogP contribution is 2.40. The second-order valence-electron chi connectivity index (χ2n) is 9.30. The van der Waals surface area contributed by atoms with E-state index in [-0.39, 0.29) is 24.5 Å². The van der Waals surface area contributed by atoms with E-state index in [1.807, 2.05) is 61.5 Å². The van der Waals surface area contributed by atoms with Gasteiger partial charge < -0.3 is 29.2 Å². The molecule has 192 valence electrons. The molecule has 1 saturated heterocycles. The van der Waals surface area contributed by atoms with E-state index in [1.165, 1.54) is 0 Å². The molecule has 2 heterocycles. The van der Waals surface area contributed by atoms with Crippen LogP contribution < -0.4 is 24.3 Å². The van der Waals surface area contributed by atoms with Gasteiger partial charge in [0.2, 0.25) is 12.7 Å². The predicted octanol–water partition coefficient (Wildman–Crippen LogP) is 3.91. The molecule has 0 bridgehead atoms. The van der Waals surface area contributed by atoms with Crippen LogP contribution in [0.3, 0.4) is 0 Å². The molecule has 37 heavy (non-hydrogen) atoms. The van der Waals surface area contributed by atoms with Gasteiger partial charge in [-0.1, -0.05) is 29.8 Å². The number of fused-ring (bicyclic) bond motifs is 1. The number of carbonyl (C=O) groups excluding carboxylic acids is 2. The zero-order valence-corrected chi connectivity index (χ0v) is 21.2. The van der Waals surface area contributed by atoms with Crippen LogP contribution in [0.2, 0.25) is 0 Å². The molecule has 0 spiro atoms. The van der Waals surface area contributed by atoms with Gasteiger partial charge in [0, 0.05) is 42.7 Å². The van der Waals surface area contributed by atoms with Crippen molar-refractivity contribution in [3.63, 3.8) is 0 Å². The molecule has 2 amide bonds.